The molecular formula is C23H25ClN2O3. The summed E-state index contributed by atoms with van der Waals surface area (Å²) < 4.78 is 11.8. The van der Waals surface area contributed by atoms with Crippen molar-refractivity contribution in [3.05, 3.63) is 64.2 Å². The molecule has 2 saturated heterocycles. The maximum Gasteiger partial charge on any atom is 0.251 e. The first-order chi connectivity index (χ1) is 14.2. The number of hydrogen-bond acceptors (Lipinski definition) is 4. The van der Waals surface area contributed by atoms with Crippen LogP contribution in [0.4, 0.5) is 0 Å². The summed E-state index contributed by atoms with van der Waals surface area (Å²) in [4.78, 5) is 15.2. The molecule has 0 bridgehead atoms. The highest BCUT2D eigenvalue weighted by Crippen LogP contribution is 2.31. The molecule has 152 valence electrons. The van der Waals surface area contributed by atoms with E-state index in [1.165, 1.54) is 0 Å². The van der Waals surface area contributed by atoms with Gasteiger partial charge in [-0.15, -0.1) is 0 Å². The van der Waals surface area contributed by atoms with E-state index in [1.54, 1.807) is 0 Å². The van der Waals surface area contributed by atoms with E-state index in [1.807, 2.05) is 42.5 Å². The molecule has 0 spiro atoms. The molecule has 2 aromatic carbocycles. The Morgan fingerprint density at radius 1 is 1.14 bits per heavy atom. The lowest BCUT2D eigenvalue weighted by Crippen LogP contribution is -2.43. The Balaban J connectivity index is 1.21. The zero-order chi connectivity index (χ0) is 19.8. The molecule has 3 atom stereocenters. The van der Waals surface area contributed by atoms with Crippen LogP contribution in [0.2, 0.25) is 5.02 Å². The van der Waals surface area contributed by atoms with Crippen LogP contribution in [0, 0.1) is 0 Å². The van der Waals surface area contributed by atoms with E-state index >= 15 is 0 Å². The largest absolute Gasteiger partial charge is 0.493 e. The van der Waals surface area contributed by atoms with Crippen LogP contribution in [0.15, 0.2) is 42.5 Å². The van der Waals surface area contributed by atoms with Gasteiger partial charge in [0.25, 0.3) is 5.91 Å². The molecule has 6 heteroatoms. The Kier molecular flexibility index (Phi) is 5.20. The molecule has 29 heavy (non-hydrogen) atoms. The number of halogens is 1. The van der Waals surface area contributed by atoms with Crippen molar-refractivity contribution in [2.75, 3.05) is 26.3 Å². The van der Waals surface area contributed by atoms with Crippen molar-refractivity contribution < 1.29 is 14.3 Å². The molecule has 2 aromatic rings. The van der Waals surface area contributed by atoms with Crippen LogP contribution in [0.3, 0.4) is 0 Å². The molecule has 3 aliphatic rings. The van der Waals surface area contributed by atoms with Crippen molar-refractivity contribution in [1.82, 2.24) is 10.2 Å². The predicted octanol–water partition coefficient (Wildman–Crippen LogP) is 3.61. The molecule has 1 amide bonds. The molecular weight excluding hydrogens is 388 g/mol. The Labute approximate surface area is 175 Å². The number of amides is 1. The molecule has 5 nitrogen and oxygen atoms in total. The van der Waals surface area contributed by atoms with E-state index in [-0.39, 0.29) is 18.1 Å². The summed E-state index contributed by atoms with van der Waals surface area (Å²) in [6.45, 7) is 3.15. The average Bonchev–Trinajstić information content (AvgIpc) is 3.15. The summed E-state index contributed by atoms with van der Waals surface area (Å²) in [6, 6.07) is 14.1. The number of nitrogens with one attached hydrogen (secondary N) is 1. The Morgan fingerprint density at radius 2 is 2.00 bits per heavy atom. The predicted molar refractivity (Wildman–Crippen MR) is 112 cm³/mol. The van der Waals surface area contributed by atoms with Crippen molar-refractivity contribution in [2.45, 2.75) is 37.5 Å². The number of aryl methyl sites for hydroxylation is 1. The first kappa shape index (κ1) is 18.9. The van der Waals surface area contributed by atoms with E-state index < -0.39 is 0 Å². The van der Waals surface area contributed by atoms with Gasteiger partial charge >= 0.3 is 0 Å². The number of rotatable bonds is 3. The topological polar surface area (TPSA) is 50.8 Å². The van der Waals surface area contributed by atoms with Crippen LogP contribution >= 0.6 is 11.6 Å². The second-order valence-electron chi connectivity index (χ2n) is 8.16. The van der Waals surface area contributed by atoms with Crippen LogP contribution in [0.25, 0.3) is 0 Å². The van der Waals surface area contributed by atoms with Gasteiger partial charge < -0.3 is 14.8 Å². The van der Waals surface area contributed by atoms with Crippen LogP contribution in [0.5, 0.6) is 5.75 Å². The van der Waals surface area contributed by atoms with Gasteiger partial charge in [0.2, 0.25) is 0 Å². The summed E-state index contributed by atoms with van der Waals surface area (Å²) in [5.41, 5.74) is 3.00. The molecule has 1 N–H and O–H groups in total. The lowest BCUT2D eigenvalue weighted by Gasteiger charge is -2.35. The van der Waals surface area contributed by atoms with Gasteiger partial charge in [-0.3, -0.25) is 9.69 Å². The number of ether oxygens (including phenoxy) is 2. The molecule has 0 unspecified atom stereocenters. The molecule has 2 fully saturated rings. The summed E-state index contributed by atoms with van der Waals surface area (Å²) in [5, 5.41) is 3.96. The zero-order valence-electron chi connectivity index (χ0n) is 16.3. The number of morpholine rings is 1. The fraction of sp³-hybridized carbons (Fsp3) is 0.435. The van der Waals surface area contributed by atoms with E-state index in [4.69, 9.17) is 21.1 Å². The number of nitrogens with zero attached hydrogens (tertiary/aromatic N) is 1. The Morgan fingerprint density at radius 3 is 2.86 bits per heavy atom. The number of hydrogen-bond donors (Lipinski definition) is 1. The average molecular weight is 413 g/mol. The van der Waals surface area contributed by atoms with E-state index in [0.29, 0.717) is 12.6 Å². The second-order valence-corrected chi connectivity index (χ2v) is 8.60. The fourth-order valence-corrected chi connectivity index (χ4v) is 4.75. The van der Waals surface area contributed by atoms with Gasteiger partial charge in [-0.1, -0.05) is 23.7 Å². The third-order valence-electron chi connectivity index (χ3n) is 6.17. The summed E-state index contributed by atoms with van der Waals surface area (Å²) in [5.74, 6) is 0.912. The van der Waals surface area contributed by atoms with Gasteiger partial charge in [0.15, 0.2) is 0 Å². The molecule has 0 aromatic heterocycles. The monoisotopic (exact) mass is 412 g/mol. The quantitative estimate of drug-likeness (QED) is 0.836. The molecule has 5 rings (SSSR count). The summed E-state index contributed by atoms with van der Waals surface area (Å²) >= 11 is 6.00. The third-order valence-corrected chi connectivity index (χ3v) is 6.42. The normalized spacial score (nSPS) is 26.3. The van der Waals surface area contributed by atoms with Gasteiger partial charge in [-0.2, -0.15) is 0 Å². The first-order valence-corrected chi connectivity index (χ1v) is 10.7. The Hall–Kier alpha value is -2.08. The standard InChI is InChI=1S/C23H25ClN2O3/c24-18-6-3-15(4-7-18)22-13-26-12-19(11-20(26)14-29-22)25-23(27)17-5-8-21-16(10-17)2-1-9-28-21/h3-8,10,19-20,22H,1-2,9,11-14H2,(H,25,27)/t19-,20+,22-/m1/s1. The SMILES string of the molecule is O=C(N[C@@H]1C[C@H]2CO[C@@H](c3ccc(Cl)cc3)CN2C1)c1ccc2c(c1)CCCO2. The van der Waals surface area contributed by atoms with Crippen LogP contribution in [-0.4, -0.2) is 49.2 Å². The lowest BCUT2D eigenvalue weighted by molar-refractivity contribution is -0.0502. The molecule has 0 saturated carbocycles. The first-order valence-electron chi connectivity index (χ1n) is 10.3. The van der Waals surface area contributed by atoms with Gasteiger partial charge in [0.1, 0.15) is 5.75 Å². The number of carbonyl (C=O) groups is 1. The van der Waals surface area contributed by atoms with Crippen molar-refractivity contribution in [3.8, 4) is 5.75 Å². The lowest BCUT2D eigenvalue weighted by atomic mass is 10.0. The van der Waals surface area contributed by atoms with Crippen LogP contribution in [-0.2, 0) is 11.2 Å². The molecule has 3 aliphatic heterocycles. The summed E-state index contributed by atoms with van der Waals surface area (Å²) in [7, 11) is 0. The molecule has 0 aliphatic carbocycles. The maximum absolute atomic E-state index is 12.8. The minimum absolute atomic E-state index is 0.00149. The highest BCUT2D eigenvalue weighted by Gasteiger charge is 2.38. The van der Waals surface area contributed by atoms with Crippen molar-refractivity contribution >= 4 is 17.5 Å². The minimum atomic E-state index is -0.00149. The zero-order valence-corrected chi connectivity index (χ0v) is 17.0. The van der Waals surface area contributed by atoms with Gasteiger partial charge in [0, 0.05) is 35.8 Å². The van der Waals surface area contributed by atoms with E-state index in [2.05, 4.69) is 10.2 Å². The number of benzene rings is 2. The highest BCUT2D eigenvalue weighted by molar-refractivity contribution is 6.30. The maximum atomic E-state index is 12.8. The van der Waals surface area contributed by atoms with Gasteiger partial charge in [-0.05, 0) is 60.7 Å². The Bertz CT molecular complexity index is 901. The number of fused-ring (bicyclic) bond motifs is 2. The van der Waals surface area contributed by atoms with Crippen molar-refractivity contribution in [3.63, 3.8) is 0 Å². The highest BCUT2D eigenvalue weighted by atomic mass is 35.5. The van der Waals surface area contributed by atoms with E-state index in [9.17, 15) is 4.79 Å². The van der Waals surface area contributed by atoms with Crippen molar-refractivity contribution in [2.24, 2.45) is 0 Å². The summed E-state index contributed by atoms with van der Waals surface area (Å²) in [6.07, 6.45) is 2.96. The molecule has 0 radical (unpaired) electrons. The fourth-order valence-electron chi connectivity index (χ4n) is 4.63. The smallest absolute Gasteiger partial charge is 0.251 e. The van der Waals surface area contributed by atoms with Gasteiger partial charge in [-0.25, -0.2) is 0 Å². The van der Waals surface area contributed by atoms with Crippen LogP contribution in [0.1, 0.15) is 40.4 Å². The van der Waals surface area contributed by atoms with E-state index in [0.717, 1.165) is 66.4 Å². The minimum Gasteiger partial charge on any atom is -0.493 e. The second kappa shape index (κ2) is 7.98. The number of carbonyl (C=O) groups excluding carboxylic acids is 1. The van der Waals surface area contributed by atoms with Crippen LogP contribution < -0.4 is 10.1 Å². The van der Waals surface area contributed by atoms with Gasteiger partial charge in [0.05, 0.1) is 19.3 Å². The van der Waals surface area contributed by atoms with Crippen molar-refractivity contribution in [1.29, 1.82) is 0 Å². The third kappa shape index (κ3) is 4.00. The molecule has 3 heterocycles.